The summed E-state index contributed by atoms with van der Waals surface area (Å²) in [4.78, 5) is 157. The topological polar surface area (TPSA) is 518 Å². The maximum Gasteiger partial charge on any atom is 0.327 e. The lowest BCUT2D eigenvalue weighted by atomic mass is 10.1. The van der Waals surface area contributed by atoms with Crippen LogP contribution in [0.25, 0.3) is 11.2 Å². The van der Waals surface area contributed by atoms with E-state index in [2.05, 4.69) is 56.8 Å². The van der Waals surface area contributed by atoms with Crippen LogP contribution in [0.4, 0.5) is 11.6 Å². The van der Waals surface area contributed by atoms with Gasteiger partial charge in [0, 0.05) is 42.3 Å². The van der Waals surface area contributed by atoms with Gasteiger partial charge < -0.3 is 80.0 Å². The smallest absolute Gasteiger partial charge is 0.327 e. The van der Waals surface area contributed by atoms with Crippen LogP contribution < -0.4 is 60.0 Å². The molecule has 0 saturated carbocycles. The number of amides is 6. The second-order valence-corrected chi connectivity index (χ2v) is 18.2. The van der Waals surface area contributed by atoms with Crippen LogP contribution in [0.1, 0.15) is 61.0 Å². The summed E-state index contributed by atoms with van der Waals surface area (Å²) in [5, 5.41) is 63.6. The van der Waals surface area contributed by atoms with E-state index in [0.29, 0.717) is 11.4 Å². The summed E-state index contributed by atoms with van der Waals surface area (Å²) in [6.45, 7) is -0.223. The van der Waals surface area contributed by atoms with E-state index in [-0.39, 0.29) is 92.1 Å². The molecule has 0 spiro atoms. The van der Waals surface area contributed by atoms with Crippen molar-refractivity contribution in [2.24, 2.45) is 16.5 Å². The third-order valence-corrected chi connectivity index (χ3v) is 12.1. The Hall–Kier alpha value is -8.33. The number of hydrogen-bond acceptors (Lipinski definition) is 20. The first-order chi connectivity index (χ1) is 35.1. The van der Waals surface area contributed by atoms with Crippen LogP contribution in [0.2, 0.25) is 0 Å². The number of rotatable bonds is 33. The number of guanidine groups is 1. The molecule has 0 fully saturated rings. The summed E-state index contributed by atoms with van der Waals surface area (Å²) < 4.78 is 0. The van der Waals surface area contributed by atoms with Crippen molar-refractivity contribution < 1.29 is 73.5 Å². The fourth-order valence-electron chi connectivity index (χ4n) is 6.21. The number of aromatic nitrogens is 4. The Kier molecular flexibility index (Phi) is 24.7. The summed E-state index contributed by atoms with van der Waals surface area (Å²) >= 11 is 0. The Labute approximate surface area is 426 Å². The summed E-state index contributed by atoms with van der Waals surface area (Å²) in [6.07, 6.45) is -2.58. The monoisotopic (exact) mass is 1080 g/mol. The van der Waals surface area contributed by atoms with E-state index in [4.69, 9.17) is 22.3 Å². The summed E-state index contributed by atoms with van der Waals surface area (Å²) in [6, 6.07) is -2.93. The number of aliphatic hydroxyl groups is 1. The molecule has 33 heteroatoms. The van der Waals surface area contributed by atoms with Gasteiger partial charge in [0.1, 0.15) is 30.2 Å². The predicted octanol–water partition coefficient (Wildman–Crippen LogP) is -4.22. The maximum atomic E-state index is 13.7. The number of carbonyl (C=O) groups excluding carboxylic acids is 6. The zero-order chi connectivity index (χ0) is 54.9. The fraction of sp³-hybridized carbons (Fsp3) is 0.439. The van der Waals surface area contributed by atoms with E-state index in [0.717, 1.165) is 21.6 Å². The van der Waals surface area contributed by atoms with Gasteiger partial charge >= 0.3 is 23.9 Å². The normalized spacial score (nSPS) is 12.8. The number of aliphatic carboxylic acids is 4. The zero-order valence-corrected chi connectivity index (χ0v) is 40.7. The number of carboxylic acids is 4. The minimum atomic E-state index is -2.06. The van der Waals surface area contributed by atoms with E-state index in [9.17, 15) is 73.2 Å². The van der Waals surface area contributed by atoms with Gasteiger partial charge in [0.15, 0.2) is 17.1 Å². The standard InChI is InChI=1S/C41H55N15O16S2/c42-40(43)46-10-1-3-22(34(66)52-24(14-29(61)62)36(68)53-25(15-30(63)64)37(69)54-26(39(71)72)18-74-73-12-11-57)51-35(67)23(13-28(59)60)50-27(58)4-2-9-45-33(65)19-5-7-20(8-6-19)47-16-21-17-48-32-31(49-21)38(70)56-41(44)55-32/h5-8,17,22-26,47,57H,1-4,9-16,18H2,(H,45,65)(H,50,58)(H,51,67)(H,52,66)(H,53,68)(H,54,69)(H,59,60)(H,61,62)(H,63,64)(H,71,72)(H4,42,43,46)(H3,44,48,55,56,70)/t22-,23-,24-,25-,26-/m1/s1. The van der Waals surface area contributed by atoms with Crippen molar-refractivity contribution in [2.45, 2.75) is 81.7 Å². The lowest BCUT2D eigenvalue weighted by Gasteiger charge is -2.26. The molecule has 0 aliphatic rings. The van der Waals surface area contributed by atoms with Crippen LogP contribution in [0.5, 0.6) is 0 Å². The highest BCUT2D eigenvalue weighted by molar-refractivity contribution is 8.76. The predicted molar refractivity (Wildman–Crippen MR) is 264 cm³/mol. The molecular weight excluding hydrogens is 1020 g/mol. The van der Waals surface area contributed by atoms with Crippen LogP contribution in [0.3, 0.4) is 0 Å². The van der Waals surface area contributed by atoms with Crippen LogP contribution in [-0.4, -0.2) is 172 Å². The number of H-pyrrole nitrogens is 1. The molecule has 19 N–H and O–H groups in total. The van der Waals surface area contributed by atoms with Gasteiger partial charge in [-0.3, -0.25) is 57.9 Å². The van der Waals surface area contributed by atoms with Crippen molar-refractivity contribution in [3.63, 3.8) is 0 Å². The highest BCUT2D eigenvalue weighted by Crippen LogP contribution is 2.21. The van der Waals surface area contributed by atoms with Gasteiger partial charge in [0.2, 0.25) is 35.5 Å². The second kappa shape index (κ2) is 30.5. The molecule has 5 atom stereocenters. The van der Waals surface area contributed by atoms with Crippen molar-refractivity contribution in [1.82, 2.24) is 51.8 Å². The number of aromatic amines is 1. The van der Waals surface area contributed by atoms with Crippen molar-refractivity contribution in [3.8, 4) is 0 Å². The average molecular weight is 1080 g/mol. The van der Waals surface area contributed by atoms with Gasteiger partial charge in [-0.05, 0) is 43.5 Å². The van der Waals surface area contributed by atoms with Gasteiger partial charge in [-0.1, -0.05) is 21.6 Å². The molecular formula is C41H55N15O16S2. The SMILES string of the molecule is NC(N)=NCCC[C@@H](NC(=O)[C@@H](CC(=O)O)NC(=O)CCCNC(=O)c1ccc(NCc2cnc3nc(N)[nH]c(=O)c3n2)cc1)C(=O)N[C@H](CC(=O)O)C(=O)N[C@H](CC(=O)O)C(=O)N[C@H](CSSCCO)C(=O)O. The fourth-order valence-corrected chi connectivity index (χ4v) is 8.13. The lowest BCUT2D eigenvalue weighted by molar-refractivity contribution is -0.144. The van der Waals surface area contributed by atoms with E-state index in [1.807, 2.05) is 5.32 Å². The molecule has 31 nitrogen and oxygen atoms in total. The Bertz CT molecular complexity index is 2600. The number of aliphatic hydroxyl groups excluding tert-OH is 1. The van der Waals surface area contributed by atoms with E-state index in [1.54, 1.807) is 12.1 Å². The number of nitrogens with zero attached hydrogens (tertiary/aromatic N) is 4. The van der Waals surface area contributed by atoms with Crippen molar-refractivity contribution in [3.05, 3.63) is 52.1 Å². The number of fused-ring (bicyclic) bond motifs is 1. The third-order valence-electron chi connectivity index (χ3n) is 9.71. The number of anilines is 2. The minimum Gasteiger partial charge on any atom is -0.481 e. The van der Waals surface area contributed by atoms with Crippen molar-refractivity contribution in [2.75, 3.05) is 42.3 Å². The molecule has 2 heterocycles. The molecule has 3 rings (SSSR count). The Morgan fingerprint density at radius 1 is 0.716 bits per heavy atom. The number of carbonyl (C=O) groups is 10. The molecule has 0 radical (unpaired) electrons. The highest BCUT2D eigenvalue weighted by atomic mass is 33.1. The Balaban J connectivity index is 1.64. The maximum absolute atomic E-state index is 13.7. The van der Waals surface area contributed by atoms with Crippen LogP contribution in [0, 0.1) is 0 Å². The van der Waals surface area contributed by atoms with Crippen molar-refractivity contribution in [1.29, 1.82) is 0 Å². The van der Waals surface area contributed by atoms with Crippen LogP contribution in [0.15, 0.2) is 40.2 Å². The summed E-state index contributed by atoms with van der Waals surface area (Å²) in [7, 11) is 2.04. The van der Waals surface area contributed by atoms with Gasteiger partial charge in [0.25, 0.3) is 11.5 Å². The zero-order valence-electron chi connectivity index (χ0n) is 39.0. The quantitative estimate of drug-likeness (QED) is 0.0119. The van der Waals surface area contributed by atoms with Crippen LogP contribution >= 0.6 is 21.6 Å². The second-order valence-electron chi connectivity index (χ2n) is 15.6. The van der Waals surface area contributed by atoms with Crippen molar-refractivity contribution >= 4 is 110 Å². The molecule has 6 amide bonds. The Morgan fingerprint density at radius 3 is 1.82 bits per heavy atom. The first-order valence-corrected chi connectivity index (χ1v) is 24.5. The number of aliphatic imine (C=N–C) groups is 1. The first-order valence-electron chi connectivity index (χ1n) is 22.0. The molecule has 74 heavy (non-hydrogen) atoms. The molecule has 0 unspecified atom stereocenters. The molecule has 1 aromatic carbocycles. The van der Waals surface area contributed by atoms with Gasteiger partial charge in [-0.25, -0.2) is 14.8 Å². The number of benzene rings is 1. The molecule has 0 aliphatic carbocycles. The van der Waals surface area contributed by atoms with Crippen LogP contribution in [-0.2, 0) is 49.7 Å². The number of carboxylic acid groups (broad SMARTS) is 4. The van der Waals surface area contributed by atoms with E-state index in [1.165, 1.54) is 18.3 Å². The number of nitrogens with two attached hydrogens (primary N) is 3. The lowest BCUT2D eigenvalue weighted by Crippen LogP contribution is -2.59. The van der Waals surface area contributed by atoms with Gasteiger partial charge in [0.05, 0.1) is 44.3 Å². The number of nitrogens with one attached hydrogen (secondary N) is 8. The molecule has 402 valence electrons. The van der Waals surface area contributed by atoms with E-state index < -0.39 is 114 Å². The largest absolute Gasteiger partial charge is 0.481 e. The number of nitrogen functional groups attached to an aromatic ring is 1. The summed E-state index contributed by atoms with van der Waals surface area (Å²) in [5.41, 5.74) is 17.1. The Morgan fingerprint density at radius 2 is 1.27 bits per heavy atom. The van der Waals surface area contributed by atoms with E-state index >= 15 is 0 Å². The van der Waals surface area contributed by atoms with Gasteiger partial charge in [-0.2, -0.15) is 4.98 Å². The molecule has 3 aromatic rings. The molecule has 0 bridgehead atoms. The molecule has 0 aliphatic heterocycles. The highest BCUT2D eigenvalue weighted by Gasteiger charge is 2.34. The average Bonchev–Trinajstić information content (AvgIpc) is 3.32. The minimum absolute atomic E-state index is 0.00408. The molecule has 0 saturated heterocycles. The third kappa shape index (κ3) is 21.6. The van der Waals surface area contributed by atoms with Gasteiger partial charge in [-0.15, -0.1) is 0 Å². The summed E-state index contributed by atoms with van der Waals surface area (Å²) in [5.74, 6) is -13.4. The molecule has 2 aromatic heterocycles. The number of hydrogen-bond donors (Lipinski definition) is 16. The first kappa shape index (κ1) is 60.0.